The first-order valence-corrected chi connectivity index (χ1v) is 7.37. The molecular formula is C16H20F3N. The van der Waals surface area contributed by atoms with E-state index in [0.29, 0.717) is 5.92 Å². The normalized spacial score (nSPS) is 30.7. The molecule has 1 aromatic rings. The number of nitrogens with one attached hydrogen (secondary N) is 1. The van der Waals surface area contributed by atoms with Gasteiger partial charge in [0, 0.05) is 6.04 Å². The van der Waals surface area contributed by atoms with E-state index in [4.69, 9.17) is 0 Å². The zero-order valence-electron chi connectivity index (χ0n) is 11.6. The zero-order chi connectivity index (χ0) is 14.3. The van der Waals surface area contributed by atoms with Gasteiger partial charge in [-0.15, -0.1) is 0 Å². The second-order valence-corrected chi connectivity index (χ2v) is 6.08. The maximum absolute atomic E-state index is 12.6. The Hall–Kier alpha value is -1.03. The molecule has 2 fully saturated rings. The number of hydrogen-bond acceptors (Lipinski definition) is 1. The zero-order valence-corrected chi connectivity index (χ0v) is 11.6. The van der Waals surface area contributed by atoms with Gasteiger partial charge in [0.05, 0.1) is 5.56 Å². The summed E-state index contributed by atoms with van der Waals surface area (Å²) in [5, 5.41) is 3.31. The highest BCUT2D eigenvalue weighted by Crippen LogP contribution is 2.60. The molecule has 0 spiro atoms. The van der Waals surface area contributed by atoms with E-state index < -0.39 is 11.7 Å². The van der Waals surface area contributed by atoms with Crippen LogP contribution in [0.25, 0.3) is 0 Å². The molecule has 3 rings (SSSR count). The highest BCUT2D eigenvalue weighted by molar-refractivity contribution is 5.29. The van der Waals surface area contributed by atoms with Crippen LogP contribution in [0.15, 0.2) is 24.3 Å². The average molecular weight is 283 g/mol. The van der Waals surface area contributed by atoms with Gasteiger partial charge >= 0.3 is 6.18 Å². The first kappa shape index (κ1) is 13.9. The Morgan fingerprint density at radius 2 is 1.60 bits per heavy atom. The lowest BCUT2D eigenvalue weighted by atomic mass is 9.98. The van der Waals surface area contributed by atoms with Crippen molar-refractivity contribution < 1.29 is 13.2 Å². The van der Waals surface area contributed by atoms with E-state index in [1.807, 2.05) is 7.05 Å². The van der Waals surface area contributed by atoms with Gasteiger partial charge in [-0.1, -0.05) is 25.0 Å². The molecule has 1 aromatic carbocycles. The molecule has 0 heterocycles. The minimum Gasteiger partial charge on any atom is -0.313 e. The van der Waals surface area contributed by atoms with Crippen molar-refractivity contribution in [3.63, 3.8) is 0 Å². The molecule has 0 radical (unpaired) electrons. The van der Waals surface area contributed by atoms with Crippen LogP contribution in [-0.2, 0) is 6.18 Å². The fraction of sp³-hybridized carbons (Fsp3) is 0.625. The van der Waals surface area contributed by atoms with Crippen molar-refractivity contribution in [3.8, 4) is 0 Å². The van der Waals surface area contributed by atoms with Crippen molar-refractivity contribution in [3.05, 3.63) is 35.4 Å². The lowest BCUT2D eigenvalue weighted by Gasteiger charge is -2.18. The van der Waals surface area contributed by atoms with E-state index in [9.17, 15) is 13.2 Å². The summed E-state index contributed by atoms with van der Waals surface area (Å²) < 4.78 is 37.8. The summed E-state index contributed by atoms with van der Waals surface area (Å²) in [6, 6.07) is 5.87. The molecule has 0 aromatic heterocycles. The van der Waals surface area contributed by atoms with Crippen LogP contribution >= 0.6 is 0 Å². The molecule has 1 nitrogen and oxygen atoms in total. The Morgan fingerprint density at radius 3 is 2.05 bits per heavy atom. The highest BCUT2D eigenvalue weighted by atomic mass is 19.4. The van der Waals surface area contributed by atoms with Crippen LogP contribution < -0.4 is 5.32 Å². The second kappa shape index (κ2) is 5.06. The van der Waals surface area contributed by atoms with Crippen molar-refractivity contribution in [1.82, 2.24) is 5.32 Å². The van der Waals surface area contributed by atoms with E-state index in [1.54, 1.807) is 12.1 Å². The van der Waals surface area contributed by atoms with Crippen molar-refractivity contribution in [2.75, 3.05) is 7.05 Å². The molecule has 2 aliphatic rings. The van der Waals surface area contributed by atoms with E-state index >= 15 is 0 Å². The quantitative estimate of drug-likeness (QED) is 0.867. The Morgan fingerprint density at radius 1 is 1.05 bits per heavy atom. The van der Waals surface area contributed by atoms with Gasteiger partial charge in [0.15, 0.2) is 0 Å². The number of fused-ring (bicyclic) bond motifs is 1. The fourth-order valence-electron chi connectivity index (χ4n) is 4.00. The van der Waals surface area contributed by atoms with Crippen molar-refractivity contribution in [1.29, 1.82) is 0 Å². The number of alkyl halides is 3. The van der Waals surface area contributed by atoms with Crippen LogP contribution in [0.5, 0.6) is 0 Å². The lowest BCUT2D eigenvalue weighted by molar-refractivity contribution is -0.137. The van der Waals surface area contributed by atoms with E-state index in [1.165, 1.54) is 37.8 Å². The number of halogens is 3. The molecule has 0 saturated heterocycles. The average Bonchev–Trinajstić information content (AvgIpc) is 3.14. The van der Waals surface area contributed by atoms with Gasteiger partial charge in [-0.25, -0.2) is 0 Å². The molecule has 0 aliphatic heterocycles. The molecule has 1 N–H and O–H groups in total. The van der Waals surface area contributed by atoms with Gasteiger partial charge in [0.2, 0.25) is 0 Å². The SMILES string of the molecule is CNC(c1ccc(C(F)(F)F)cc1)C1C2CCCCC21. The first-order valence-electron chi connectivity index (χ1n) is 7.37. The van der Waals surface area contributed by atoms with E-state index in [2.05, 4.69) is 5.32 Å². The molecule has 2 saturated carbocycles. The summed E-state index contributed by atoms with van der Waals surface area (Å²) in [6.45, 7) is 0. The summed E-state index contributed by atoms with van der Waals surface area (Å²) >= 11 is 0. The van der Waals surface area contributed by atoms with E-state index in [0.717, 1.165) is 17.4 Å². The van der Waals surface area contributed by atoms with Gasteiger partial charge in [0.1, 0.15) is 0 Å². The highest BCUT2D eigenvalue weighted by Gasteiger charge is 2.54. The minimum atomic E-state index is -4.25. The van der Waals surface area contributed by atoms with Gasteiger partial charge < -0.3 is 5.32 Å². The van der Waals surface area contributed by atoms with Crippen molar-refractivity contribution in [2.45, 2.75) is 37.9 Å². The van der Waals surface area contributed by atoms with Crippen LogP contribution in [0.4, 0.5) is 13.2 Å². The lowest BCUT2D eigenvalue weighted by Crippen LogP contribution is -2.20. The Bertz CT molecular complexity index is 454. The summed E-state index contributed by atoms with van der Waals surface area (Å²) in [5.41, 5.74) is 0.421. The minimum absolute atomic E-state index is 0.199. The van der Waals surface area contributed by atoms with Gasteiger partial charge in [-0.05, 0) is 55.3 Å². The van der Waals surface area contributed by atoms with Gasteiger partial charge in [0.25, 0.3) is 0 Å². The van der Waals surface area contributed by atoms with Crippen LogP contribution in [0.2, 0.25) is 0 Å². The third-order valence-electron chi connectivity index (χ3n) is 5.02. The number of rotatable bonds is 3. The Labute approximate surface area is 117 Å². The first-order chi connectivity index (χ1) is 9.52. The third-order valence-corrected chi connectivity index (χ3v) is 5.02. The summed E-state index contributed by atoms with van der Waals surface area (Å²) in [4.78, 5) is 0. The maximum atomic E-state index is 12.6. The predicted molar refractivity (Wildman–Crippen MR) is 72.2 cm³/mol. The Balaban J connectivity index is 1.77. The van der Waals surface area contributed by atoms with Gasteiger partial charge in [-0.3, -0.25) is 0 Å². The van der Waals surface area contributed by atoms with Gasteiger partial charge in [-0.2, -0.15) is 13.2 Å². The maximum Gasteiger partial charge on any atom is 0.416 e. The summed E-state index contributed by atoms with van der Waals surface area (Å²) in [5.74, 6) is 2.17. The fourth-order valence-corrected chi connectivity index (χ4v) is 4.00. The molecule has 3 atom stereocenters. The smallest absolute Gasteiger partial charge is 0.313 e. The summed E-state index contributed by atoms with van der Waals surface area (Å²) in [6.07, 6.45) is 0.936. The second-order valence-electron chi connectivity index (χ2n) is 6.08. The number of hydrogen-bond donors (Lipinski definition) is 1. The predicted octanol–water partition coefficient (Wildman–Crippen LogP) is 4.40. The van der Waals surface area contributed by atoms with Crippen LogP contribution in [0.3, 0.4) is 0 Å². The third kappa shape index (κ3) is 2.46. The standard InChI is InChI=1S/C16H20F3N/c1-20-15(14-12-4-2-3-5-13(12)14)10-6-8-11(9-7-10)16(17,18)19/h6-9,12-15,20H,2-5H2,1H3. The van der Waals surface area contributed by atoms with Crippen molar-refractivity contribution >= 4 is 0 Å². The van der Waals surface area contributed by atoms with Crippen molar-refractivity contribution in [2.24, 2.45) is 17.8 Å². The topological polar surface area (TPSA) is 12.0 Å². The molecule has 0 bridgehead atoms. The molecular weight excluding hydrogens is 263 g/mol. The molecule has 4 heteroatoms. The van der Waals surface area contributed by atoms with Crippen LogP contribution in [0.1, 0.15) is 42.9 Å². The Kier molecular flexibility index (Phi) is 3.53. The molecule has 110 valence electrons. The number of benzene rings is 1. The van der Waals surface area contributed by atoms with Crippen LogP contribution in [-0.4, -0.2) is 7.05 Å². The monoisotopic (exact) mass is 283 g/mol. The molecule has 0 amide bonds. The molecule has 2 aliphatic carbocycles. The summed E-state index contributed by atoms with van der Waals surface area (Å²) in [7, 11) is 1.91. The van der Waals surface area contributed by atoms with Crippen LogP contribution in [0, 0.1) is 17.8 Å². The largest absolute Gasteiger partial charge is 0.416 e. The molecule has 3 unspecified atom stereocenters. The van der Waals surface area contributed by atoms with E-state index in [-0.39, 0.29) is 6.04 Å². The molecule has 20 heavy (non-hydrogen) atoms.